The summed E-state index contributed by atoms with van der Waals surface area (Å²) in [5.74, 6) is -0.691. The number of aliphatic hydroxyl groups excluding tert-OH is 2. The summed E-state index contributed by atoms with van der Waals surface area (Å²) in [5, 5.41) is 28.8. The van der Waals surface area contributed by atoms with Gasteiger partial charge in [-0.2, -0.15) is 0 Å². The number of carbonyl (C=O) groups excluding carboxylic acids is 1. The van der Waals surface area contributed by atoms with Gasteiger partial charge in [-0.15, -0.1) is 0 Å². The van der Waals surface area contributed by atoms with E-state index in [0.717, 1.165) is 25.7 Å². The van der Waals surface area contributed by atoms with Crippen LogP contribution < -0.4 is 0 Å². The molecule has 0 saturated heterocycles. The molecule has 0 amide bonds. The van der Waals surface area contributed by atoms with Crippen LogP contribution in [0.25, 0.3) is 0 Å². The van der Waals surface area contributed by atoms with Gasteiger partial charge in [0, 0.05) is 5.92 Å². The van der Waals surface area contributed by atoms with Gasteiger partial charge < -0.3 is 20.1 Å². The number of hydrogen-bond acceptors (Lipinski definition) is 5. The van der Waals surface area contributed by atoms with Crippen LogP contribution in [0.3, 0.4) is 0 Å². The van der Waals surface area contributed by atoms with Crippen LogP contribution in [0.15, 0.2) is 23.8 Å². The van der Waals surface area contributed by atoms with E-state index < -0.39 is 18.2 Å². The first-order valence-electron chi connectivity index (χ1n) is 10.9. The average Bonchev–Trinajstić information content (AvgIpc) is 2.66. The number of carbonyl (C=O) groups is 2. The third kappa shape index (κ3) is 6.68. The Bertz CT molecular complexity index is 625. The van der Waals surface area contributed by atoms with Crippen molar-refractivity contribution >= 4 is 11.9 Å². The van der Waals surface area contributed by atoms with Gasteiger partial charge in [0.1, 0.15) is 6.10 Å². The largest absolute Gasteiger partial charge is 0.481 e. The molecule has 0 saturated carbocycles. The lowest BCUT2D eigenvalue weighted by molar-refractivity contribution is -0.158. The van der Waals surface area contributed by atoms with Gasteiger partial charge in [0.05, 0.1) is 24.5 Å². The van der Waals surface area contributed by atoms with E-state index in [2.05, 4.69) is 25.2 Å². The van der Waals surface area contributed by atoms with Crippen molar-refractivity contribution in [3.05, 3.63) is 23.8 Å². The van der Waals surface area contributed by atoms with Crippen molar-refractivity contribution in [3.63, 3.8) is 0 Å². The molecule has 3 N–H and O–H groups in total. The van der Waals surface area contributed by atoms with Crippen molar-refractivity contribution in [3.8, 4) is 0 Å². The first-order valence-corrected chi connectivity index (χ1v) is 10.9. The Morgan fingerprint density at radius 3 is 2.66 bits per heavy atom. The molecular formula is C23H36O6. The van der Waals surface area contributed by atoms with E-state index in [0.29, 0.717) is 6.42 Å². The minimum Gasteiger partial charge on any atom is -0.481 e. The maximum Gasteiger partial charge on any atom is 0.308 e. The van der Waals surface area contributed by atoms with Crippen LogP contribution >= 0.6 is 0 Å². The minimum absolute atomic E-state index is 0.0586. The van der Waals surface area contributed by atoms with Gasteiger partial charge in [-0.25, -0.2) is 0 Å². The summed E-state index contributed by atoms with van der Waals surface area (Å²) in [6.45, 7) is 6.01. The van der Waals surface area contributed by atoms with Crippen LogP contribution in [-0.2, 0) is 14.3 Å². The van der Waals surface area contributed by atoms with E-state index in [-0.39, 0.29) is 48.6 Å². The second kappa shape index (κ2) is 10.9. The highest BCUT2D eigenvalue weighted by Gasteiger charge is 2.40. The number of aliphatic carboxylic acids is 1. The smallest absolute Gasteiger partial charge is 0.308 e. The molecule has 0 heterocycles. The Labute approximate surface area is 173 Å². The van der Waals surface area contributed by atoms with Crippen molar-refractivity contribution in [2.45, 2.75) is 84.0 Å². The Kier molecular flexibility index (Phi) is 8.90. The van der Waals surface area contributed by atoms with E-state index in [1.165, 1.54) is 5.57 Å². The zero-order valence-corrected chi connectivity index (χ0v) is 17.8. The van der Waals surface area contributed by atoms with E-state index in [9.17, 15) is 19.8 Å². The number of carboxylic acid groups (broad SMARTS) is 1. The monoisotopic (exact) mass is 408 g/mol. The van der Waals surface area contributed by atoms with E-state index in [1.807, 2.05) is 13.8 Å². The molecule has 2 rings (SSSR count). The van der Waals surface area contributed by atoms with E-state index >= 15 is 0 Å². The lowest BCUT2D eigenvalue weighted by Gasteiger charge is -2.42. The maximum absolute atomic E-state index is 12.4. The number of esters is 1. The second-order valence-corrected chi connectivity index (χ2v) is 8.69. The normalized spacial score (nSPS) is 29.3. The standard InChI is InChI=1S/C23H36O6/c1-4-14(2)23(28)29-20-7-5-6-16-9-8-15(3)19(22(16)20)11-10-17(24)12-18(25)13-21(26)27/h6,8-9,14-15,17-20,22,24-25H,4-5,7,10-13H2,1-3H3,(H,26,27)/t14-,15-,17-,18+,19-,20-,22+/m0/s1. The molecule has 2 aliphatic carbocycles. The van der Waals surface area contributed by atoms with Crippen LogP contribution in [0, 0.1) is 23.7 Å². The fourth-order valence-electron chi connectivity index (χ4n) is 4.49. The predicted molar refractivity (Wildman–Crippen MR) is 110 cm³/mol. The summed E-state index contributed by atoms with van der Waals surface area (Å²) in [6.07, 6.45) is 7.97. The summed E-state index contributed by atoms with van der Waals surface area (Å²) in [4.78, 5) is 23.1. The van der Waals surface area contributed by atoms with Gasteiger partial charge in [0.2, 0.25) is 0 Å². The highest BCUT2D eigenvalue weighted by molar-refractivity contribution is 5.72. The number of ether oxygens (including phenoxy) is 1. The van der Waals surface area contributed by atoms with Gasteiger partial charge in [0.15, 0.2) is 0 Å². The third-order valence-corrected chi connectivity index (χ3v) is 6.42. The SMILES string of the molecule is CC[C@H](C)C(=O)O[C@H]1CCC=C2C=C[C@H](C)[C@H](CC[C@H](O)C[C@@H](O)CC(=O)O)[C@@H]21. The molecule has 0 aromatic carbocycles. The molecule has 0 unspecified atom stereocenters. The van der Waals surface area contributed by atoms with Crippen molar-refractivity contribution < 1.29 is 29.6 Å². The zero-order chi connectivity index (χ0) is 21.6. The minimum atomic E-state index is -1.07. The number of carboxylic acids is 1. The quantitative estimate of drug-likeness (QED) is 0.478. The fraction of sp³-hybridized carbons (Fsp3) is 0.739. The first kappa shape index (κ1) is 23.6. The number of allylic oxidation sites excluding steroid dienone is 3. The Balaban J connectivity index is 2.03. The molecule has 7 atom stereocenters. The molecule has 29 heavy (non-hydrogen) atoms. The zero-order valence-electron chi connectivity index (χ0n) is 17.8. The topological polar surface area (TPSA) is 104 Å². The number of fused-ring (bicyclic) bond motifs is 1. The molecule has 0 spiro atoms. The van der Waals surface area contributed by atoms with Crippen molar-refractivity contribution in [1.82, 2.24) is 0 Å². The average molecular weight is 409 g/mol. The number of aliphatic hydroxyl groups is 2. The Hall–Kier alpha value is -1.66. The molecule has 0 aromatic rings. The number of rotatable bonds is 10. The molecule has 164 valence electrons. The molecule has 2 aliphatic rings. The van der Waals surface area contributed by atoms with Gasteiger partial charge in [0.25, 0.3) is 0 Å². The molecule has 0 bridgehead atoms. The van der Waals surface area contributed by atoms with Gasteiger partial charge >= 0.3 is 11.9 Å². The van der Waals surface area contributed by atoms with Crippen LogP contribution in [0.5, 0.6) is 0 Å². The summed E-state index contributed by atoms with van der Waals surface area (Å²) in [5.41, 5.74) is 1.21. The van der Waals surface area contributed by atoms with Crippen molar-refractivity contribution in [1.29, 1.82) is 0 Å². The summed E-state index contributed by atoms with van der Waals surface area (Å²) in [6, 6.07) is 0. The molecule has 0 aliphatic heterocycles. The van der Waals surface area contributed by atoms with Gasteiger partial charge in [-0.3, -0.25) is 9.59 Å². The fourth-order valence-corrected chi connectivity index (χ4v) is 4.49. The predicted octanol–water partition coefficient (Wildman–Crippen LogP) is 3.47. The molecule has 0 aromatic heterocycles. The van der Waals surface area contributed by atoms with E-state index in [4.69, 9.17) is 9.84 Å². The Morgan fingerprint density at radius 1 is 1.28 bits per heavy atom. The third-order valence-electron chi connectivity index (χ3n) is 6.42. The van der Waals surface area contributed by atoms with Gasteiger partial charge in [-0.05, 0) is 55.9 Å². The van der Waals surface area contributed by atoms with Crippen molar-refractivity contribution in [2.75, 3.05) is 0 Å². The Morgan fingerprint density at radius 2 is 2.00 bits per heavy atom. The number of hydrogen-bond donors (Lipinski definition) is 3. The lowest BCUT2D eigenvalue weighted by atomic mass is 9.66. The molecule has 6 heteroatoms. The van der Waals surface area contributed by atoms with Crippen LogP contribution in [-0.4, -0.2) is 45.6 Å². The summed E-state index contributed by atoms with van der Waals surface area (Å²) < 4.78 is 5.93. The molecule has 0 fully saturated rings. The molecule has 0 radical (unpaired) electrons. The molecule has 6 nitrogen and oxygen atoms in total. The first-order chi connectivity index (χ1) is 13.7. The van der Waals surface area contributed by atoms with Crippen LogP contribution in [0.4, 0.5) is 0 Å². The second-order valence-electron chi connectivity index (χ2n) is 8.69. The van der Waals surface area contributed by atoms with E-state index in [1.54, 1.807) is 0 Å². The van der Waals surface area contributed by atoms with Crippen LogP contribution in [0.2, 0.25) is 0 Å². The highest BCUT2D eigenvalue weighted by atomic mass is 16.5. The van der Waals surface area contributed by atoms with Crippen LogP contribution in [0.1, 0.15) is 65.7 Å². The maximum atomic E-state index is 12.4. The lowest BCUT2D eigenvalue weighted by Crippen LogP contribution is -2.40. The summed E-state index contributed by atoms with van der Waals surface area (Å²) >= 11 is 0. The summed E-state index contributed by atoms with van der Waals surface area (Å²) in [7, 11) is 0. The van der Waals surface area contributed by atoms with Crippen molar-refractivity contribution in [2.24, 2.45) is 23.7 Å². The van der Waals surface area contributed by atoms with Gasteiger partial charge in [-0.1, -0.05) is 39.0 Å². The highest BCUT2D eigenvalue weighted by Crippen LogP contribution is 2.44. The molecular weight excluding hydrogens is 372 g/mol.